The van der Waals surface area contributed by atoms with Crippen LogP contribution in [0.4, 0.5) is 15.3 Å². The van der Waals surface area contributed by atoms with Crippen molar-refractivity contribution in [1.29, 1.82) is 0 Å². The molecule has 0 saturated carbocycles. The maximum Gasteiger partial charge on any atom is 0.408 e. The molecule has 1 aliphatic rings. The van der Waals surface area contributed by atoms with Crippen LogP contribution in [0.15, 0.2) is 84.9 Å². The van der Waals surface area contributed by atoms with E-state index in [1.54, 1.807) is 48.5 Å². The minimum atomic E-state index is -1.52. The summed E-state index contributed by atoms with van der Waals surface area (Å²) in [5, 5.41) is 27.1. The highest BCUT2D eigenvalue weighted by Crippen LogP contribution is 2.33. The minimum absolute atomic E-state index is 0.0626. The predicted molar refractivity (Wildman–Crippen MR) is 180 cm³/mol. The van der Waals surface area contributed by atoms with Gasteiger partial charge in [0.2, 0.25) is 11.8 Å². The van der Waals surface area contributed by atoms with E-state index < -0.39 is 54.1 Å². The number of fused-ring (bicyclic) bond motifs is 1. The summed E-state index contributed by atoms with van der Waals surface area (Å²) in [5.41, 5.74) is 2.67. The molecule has 3 aromatic rings. The molecule has 1 heterocycles. The van der Waals surface area contributed by atoms with Crippen molar-refractivity contribution in [2.75, 3.05) is 11.4 Å². The highest BCUT2D eigenvalue weighted by atomic mass is 16.6. The van der Waals surface area contributed by atoms with Crippen LogP contribution in [-0.2, 0) is 48.3 Å². The molecule has 0 unspecified atom stereocenters. The van der Waals surface area contributed by atoms with Gasteiger partial charge >= 0.3 is 24.1 Å². The zero-order chi connectivity index (χ0) is 35.9. The lowest BCUT2D eigenvalue weighted by Gasteiger charge is -2.24. The smallest absolute Gasteiger partial charge is 0.408 e. The highest BCUT2D eigenvalue weighted by Gasteiger charge is 2.38. The molecule has 14 nitrogen and oxygen atoms in total. The Labute approximate surface area is 288 Å². The number of hydrogen-bond donors (Lipinski definition) is 5. The predicted octanol–water partition coefficient (Wildman–Crippen LogP) is 3.77. The van der Waals surface area contributed by atoms with E-state index in [0.717, 1.165) is 16.0 Å². The zero-order valence-electron chi connectivity index (χ0n) is 27.3. The first-order valence-electron chi connectivity index (χ1n) is 16.2. The van der Waals surface area contributed by atoms with Crippen LogP contribution >= 0.6 is 0 Å². The lowest BCUT2D eigenvalue weighted by Crippen LogP contribution is -2.52. The molecule has 4 amide bonds. The Morgan fingerprint density at radius 3 is 1.94 bits per heavy atom. The molecule has 14 heteroatoms. The number of hydrogen-bond acceptors (Lipinski definition) is 8. The number of carbonyl (C=O) groups is 6. The van der Waals surface area contributed by atoms with Gasteiger partial charge in [-0.3, -0.25) is 14.5 Å². The molecule has 50 heavy (non-hydrogen) atoms. The average Bonchev–Trinajstić information content (AvgIpc) is 3.52. The summed E-state index contributed by atoms with van der Waals surface area (Å²) >= 11 is 0. The average molecular weight is 689 g/mol. The lowest BCUT2D eigenvalue weighted by atomic mass is 10.1. The molecule has 0 bridgehead atoms. The second kappa shape index (κ2) is 18.6. The van der Waals surface area contributed by atoms with E-state index in [4.69, 9.17) is 9.47 Å². The number of aliphatic carboxylic acids is 2. The summed E-state index contributed by atoms with van der Waals surface area (Å²) in [4.78, 5) is 76.5. The Hall–Kier alpha value is -5.92. The Morgan fingerprint density at radius 1 is 0.720 bits per heavy atom. The van der Waals surface area contributed by atoms with E-state index in [1.807, 2.05) is 36.4 Å². The Kier molecular flexibility index (Phi) is 13.7. The molecule has 0 aliphatic carbocycles. The Morgan fingerprint density at radius 2 is 1.32 bits per heavy atom. The maximum atomic E-state index is 13.4. The summed E-state index contributed by atoms with van der Waals surface area (Å²) in [6.45, 7) is 0.260. The van der Waals surface area contributed by atoms with Crippen LogP contribution in [0.25, 0.3) is 0 Å². The fourth-order valence-corrected chi connectivity index (χ4v) is 5.42. The number of nitrogens with zero attached hydrogens (tertiary/aromatic N) is 1. The van der Waals surface area contributed by atoms with Crippen molar-refractivity contribution in [2.24, 2.45) is 0 Å². The number of ether oxygens (including phenoxy) is 2. The fraction of sp³-hybridized carbons (Fsp3) is 0.333. The number of para-hydroxylation sites is 1. The number of alkyl carbamates (subject to hydrolysis) is 2. The van der Waals surface area contributed by atoms with Crippen molar-refractivity contribution >= 4 is 41.6 Å². The highest BCUT2D eigenvalue weighted by molar-refractivity contribution is 6.02. The van der Waals surface area contributed by atoms with Gasteiger partial charge in [0.1, 0.15) is 31.3 Å². The SMILES string of the molecule is O=C(NCCCC[C@H](NC(=O)OCc1ccccc1)C(=O)N[C@H](CCC(=O)N1c2ccccc2C[C@H]1C(=O)O)C(=O)O)OCc1ccccc1. The first-order valence-corrected chi connectivity index (χ1v) is 16.2. The molecule has 1 aliphatic heterocycles. The number of carbonyl (C=O) groups excluding carboxylic acids is 4. The minimum Gasteiger partial charge on any atom is -0.480 e. The topological polar surface area (TPSA) is 201 Å². The molecule has 0 spiro atoms. The maximum absolute atomic E-state index is 13.4. The molecular weight excluding hydrogens is 648 g/mol. The molecule has 0 saturated heterocycles. The van der Waals surface area contributed by atoms with Crippen molar-refractivity contribution in [2.45, 2.75) is 69.9 Å². The number of amides is 4. The van der Waals surface area contributed by atoms with Crippen LogP contribution in [0.5, 0.6) is 0 Å². The van der Waals surface area contributed by atoms with Gasteiger partial charge in [0.15, 0.2) is 0 Å². The molecule has 0 aromatic heterocycles. The number of anilines is 1. The quantitative estimate of drug-likeness (QED) is 0.130. The molecule has 4 rings (SSSR count). The standard InChI is InChI=1S/C36H40N4O10/c41-31(40-29-17-8-7-15-26(29)21-30(40)34(45)46)19-18-28(33(43)44)38-32(42)27(39-36(48)50-23-25-13-5-2-6-14-25)16-9-10-20-37-35(47)49-22-24-11-3-1-4-12-24/h1-8,11-15,17,27-28,30H,9-10,16,18-23H2,(H,37,47)(H,38,42)(H,39,48)(H,43,44)(H,45,46)/t27-,28+,30-/m0/s1. The Bertz CT molecular complexity index is 1640. The Balaban J connectivity index is 1.32. The summed E-state index contributed by atoms with van der Waals surface area (Å²) in [6.07, 6.45) is -1.26. The first kappa shape index (κ1) is 36.9. The monoisotopic (exact) mass is 688 g/mol. The summed E-state index contributed by atoms with van der Waals surface area (Å²) in [5.74, 6) is -4.01. The normalized spacial score (nSPS) is 14.4. The molecular formula is C36H40N4O10. The van der Waals surface area contributed by atoms with Crippen LogP contribution < -0.4 is 20.9 Å². The molecule has 3 aromatic carbocycles. The van der Waals surface area contributed by atoms with E-state index in [-0.39, 0.29) is 45.4 Å². The second-order valence-electron chi connectivity index (χ2n) is 11.6. The van der Waals surface area contributed by atoms with E-state index >= 15 is 0 Å². The van der Waals surface area contributed by atoms with Gasteiger partial charge in [0.05, 0.1) is 0 Å². The zero-order valence-corrected chi connectivity index (χ0v) is 27.3. The molecule has 3 atom stereocenters. The molecule has 264 valence electrons. The van der Waals surface area contributed by atoms with Crippen molar-refractivity contribution < 1.29 is 48.5 Å². The van der Waals surface area contributed by atoms with Gasteiger partial charge in [0.25, 0.3) is 0 Å². The van der Waals surface area contributed by atoms with Gasteiger partial charge < -0.3 is 35.6 Å². The number of carboxylic acid groups (broad SMARTS) is 2. The van der Waals surface area contributed by atoms with Gasteiger partial charge in [-0.15, -0.1) is 0 Å². The van der Waals surface area contributed by atoms with Crippen molar-refractivity contribution in [1.82, 2.24) is 16.0 Å². The number of rotatable bonds is 17. The summed E-state index contributed by atoms with van der Waals surface area (Å²) in [7, 11) is 0. The van der Waals surface area contributed by atoms with Crippen LogP contribution in [-0.4, -0.2) is 70.8 Å². The van der Waals surface area contributed by atoms with E-state index in [0.29, 0.717) is 24.1 Å². The first-order chi connectivity index (χ1) is 24.1. The number of unbranched alkanes of at least 4 members (excludes halogenated alkanes) is 1. The summed E-state index contributed by atoms with van der Waals surface area (Å²) < 4.78 is 10.4. The van der Waals surface area contributed by atoms with E-state index in [1.165, 1.54) is 0 Å². The van der Waals surface area contributed by atoms with Gasteiger partial charge in [-0.2, -0.15) is 0 Å². The van der Waals surface area contributed by atoms with Crippen LogP contribution in [0.3, 0.4) is 0 Å². The largest absolute Gasteiger partial charge is 0.480 e. The van der Waals surface area contributed by atoms with Gasteiger partial charge in [-0.25, -0.2) is 19.2 Å². The lowest BCUT2D eigenvalue weighted by molar-refractivity contribution is -0.143. The molecule has 0 radical (unpaired) electrons. The van der Waals surface area contributed by atoms with E-state index in [9.17, 15) is 39.0 Å². The second-order valence-corrected chi connectivity index (χ2v) is 11.6. The van der Waals surface area contributed by atoms with Crippen molar-refractivity contribution in [3.8, 4) is 0 Å². The third-order valence-corrected chi connectivity index (χ3v) is 8.01. The number of nitrogens with one attached hydrogen (secondary N) is 3. The number of carboxylic acids is 2. The third-order valence-electron chi connectivity index (χ3n) is 8.01. The summed E-state index contributed by atoms with van der Waals surface area (Å²) in [6, 6.07) is 21.0. The van der Waals surface area contributed by atoms with Crippen LogP contribution in [0.2, 0.25) is 0 Å². The van der Waals surface area contributed by atoms with Gasteiger partial charge in [-0.05, 0) is 48.4 Å². The van der Waals surface area contributed by atoms with Crippen molar-refractivity contribution in [3.05, 3.63) is 102 Å². The van der Waals surface area contributed by atoms with Gasteiger partial charge in [-0.1, -0.05) is 78.9 Å². The molecule has 0 fully saturated rings. The van der Waals surface area contributed by atoms with Crippen LogP contribution in [0.1, 0.15) is 48.8 Å². The number of benzene rings is 3. The van der Waals surface area contributed by atoms with Crippen LogP contribution in [0, 0.1) is 0 Å². The van der Waals surface area contributed by atoms with E-state index in [2.05, 4.69) is 16.0 Å². The molecule has 5 N–H and O–H groups in total. The van der Waals surface area contributed by atoms with Gasteiger partial charge in [0, 0.05) is 25.1 Å². The third kappa shape index (κ3) is 11.1. The fourth-order valence-electron chi connectivity index (χ4n) is 5.42. The van der Waals surface area contributed by atoms with Crippen molar-refractivity contribution in [3.63, 3.8) is 0 Å².